The minimum Gasteiger partial charge on any atom is -0.393 e. The van der Waals surface area contributed by atoms with Crippen molar-refractivity contribution in [2.75, 3.05) is 18.0 Å². The molecule has 0 amide bonds. The van der Waals surface area contributed by atoms with Crippen molar-refractivity contribution in [3.63, 3.8) is 0 Å². The van der Waals surface area contributed by atoms with E-state index in [1.165, 1.54) is 12.1 Å². The van der Waals surface area contributed by atoms with Gasteiger partial charge in [0, 0.05) is 18.7 Å². The summed E-state index contributed by atoms with van der Waals surface area (Å²) in [7, 11) is 0. The van der Waals surface area contributed by atoms with E-state index in [1.807, 2.05) is 4.90 Å². The Balaban J connectivity index is 1.77. The van der Waals surface area contributed by atoms with Gasteiger partial charge in [0.1, 0.15) is 5.82 Å². The van der Waals surface area contributed by atoms with Gasteiger partial charge in [-0.25, -0.2) is 4.39 Å². The predicted octanol–water partition coefficient (Wildman–Crippen LogP) is 1.84. The van der Waals surface area contributed by atoms with Gasteiger partial charge in [0.2, 0.25) is 5.82 Å². The van der Waals surface area contributed by atoms with Crippen LogP contribution in [0.1, 0.15) is 12.8 Å². The van der Waals surface area contributed by atoms with Gasteiger partial charge in [0.15, 0.2) is 0 Å². The lowest BCUT2D eigenvalue weighted by Crippen LogP contribution is -2.35. The Morgan fingerprint density at radius 3 is 2.58 bits per heavy atom. The molecule has 19 heavy (non-hydrogen) atoms. The standard InChI is InChI=1S/C13H14FN3O2/c14-10-3-1-9(2-4-10)12-15-13(19-16-12)17-7-5-11(18)6-8-17/h1-4,11,18H,5-8H2. The van der Waals surface area contributed by atoms with Crippen molar-refractivity contribution in [1.82, 2.24) is 10.1 Å². The van der Waals surface area contributed by atoms with Gasteiger partial charge < -0.3 is 14.5 Å². The fraction of sp³-hybridized carbons (Fsp3) is 0.385. The smallest absolute Gasteiger partial charge is 0.324 e. The van der Waals surface area contributed by atoms with Crippen molar-refractivity contribution in [2.45, 2.75) is 18.9 Å². The van der Waals surface area contributed by atoms with E-state index >= 15 is 0 Å². The molecule has 6 heteroatoms. The summed E-state index contributed by atoms with van der Waals surface area (Å²) in [6.45, 7) is 1.40. The zero-order valence-electron chi connectivity index (χ0n) is 10.3. The summed E-state index contributed by atoms with van der Waals surface area (Å²) in [6, 6.07) is 6.41. The largest absolute Gasteiger partial charge is 0.393 e. The number of halogens is 1. The average Bonchev–Trinajstić information content (AvgIpc) is 2.90. The van der Waals surface area contributed by atoms with Gasteiger partial charge in [-0.3, -0.25) is 0 Å². The molecule has 0 spiro atoms. The summed E-state index contributed by atoms with van der Waals surface area (Å²) in [6.07, 6.45) is 1.17. The van der Waals surface area contributed by atoms with E-state index in [1.54, 1.807) is 12.1 Å². The van der Waals surface area contributed by atoms with Crippen LogP contribution < -0.4 is 4.90 Å². The Kier molecular flexibility index (Phi) is 3.16. The number of nitrogens with zero attached hydrogens (tertiary/aromatic N) is 3. The van der Waals surface area contributed by atoms with Gasteiger partial charge in [-0.2, -0.15) is 4.98 Å². The van der Waals surface area contributed by atoms with E-state index in [0.29, 0.717) is 43.3 Å². The molecule has 0 atom stereocenters. The molecule has 1 aliphatic rings. The van der Waals surface area contributed by atoms with Gasteiger partial charge in [0.25, 0.3) is 0 Å². The Morgan fingerprint density at radius 1 is 1.21 bits per heavy atom. The molecule has 0 aliphatic carbocycles. The van der Waals surface area contributed by atoms with Crippen LogP contribution in [0.5, 0.6) is 0 Å². The van der Waals surface area contributed by atoms with E-state index in [2.05, 4.69) is 10.1 Å². The summed E-state index contributed by atoms with van der Waals surface area (Å²) in [5, 5.41) is 13.4. The van der Waals surface area contributed by atoms with Crippen LogP contribution in [0.25, 0.3) is 11.4 Å². The van der Waals surface area contributed by atoms with E-state index in [-0.39, 0.29) is 11.9 Å². The molecule has 100 valence electrons. The Bertz CT molecular complexity index is 547. The molecule has 0 bridgehead atoms. The third-order valence-electron chi connectivity index (χ3n) is 3.25. The van der Waals surface area contributed by atoms with Gasteiger partial charge in [-0.15, -0.1) is 0 Å². The summed E-state index contributed by atoms with van der Waals surface area (Å²) in [4.78, 5) is 6.25. The molecule has 1 saturated heterocycles. The molecule has 0 saturated carbocycles. The topological polar surface area (TPSA) is 62.4 Å². The van der Waals surface area contributed by atoms with Crippen LogP contribution in [0.4, 0.5) is 10.4 Å². The lowest BCUT2D eigenvalue weighted by atomic mass is 10.1. The first-order chi connectivity index (χ1) is 9.22. The van der Waals surface area contributed by atoms with Crippen LogP contribution in [0.15, 0.2) is 28.8 Å². The number of aliphatic hydroxyl groups excluding tert-OH is 1. The van der Waals surface area contributed by atoms with Gasteiger partial charge in [-0.05, 0) is 37.1 Å². The molecule has 1 aromatic carbocycles. The summed E-state index contributed by atoms with van der Waals surface area (Å²) in [5.74, 6) is 0.151. The van der Waals surface area contributed by atoms with E-state index in [0.717, 1.165) is 0 Å². The molecule has 1 N–H and O–H groups in total. The molecule has 3 rings (SSSR count). The lowest BCUT2D eigenvalue weighted by Gasteiger charge is -2.27. The zero-order chi connectivity index (χ0) is 13.2. The number of piperidine rings is 1. The third kappa shape index (κ3) is 2.58. The zero-order valence-corrected chi connectivity index (χ0v) is 10.3. The maximum Gasteiger partial charge on any atom is 0.324 e. The molecular weight excluding hydrogens is 249 g/mol. The first-order valence-corrected chi connectivity index (χ1v) is 6.25. The van der Waals surface area contributed by atoms with E-state index in [4.69, 9.17) is 4.52 Å². The second kappa shape index (κ2) is 4.97. The monoisotopic (exact) mass is 263 g/mol. The highest BCUT2D eigenvalue weighted by Gasteiger charge is 2.21. The number of anilines is 1. The van der Waals surface area contributed by atoms with Gasteiger partial charge in [0.05, 0.1) is 6.10 Å². The SMILES string of the molecule is OC1CCN(c2nc(-c3ccc(F)cc3)no2)CC1. The van der Waals surface area contributed by atoms with Crippen LogP contribution in [-0.4, -0.2) is 34.4 Å². The minimum atomic E-state index is -0.294. The van der Waals surface area contributed by atoms with Crippen LogP contribution in [0, 0.1) is 5.82 Å². The minimum absolute atomic E-state index is 0.240. The lowest BCUT2D eigenvalue weighted by molar-refractivity contribution is 0.143. The number of aromatic nitrogens is 2. The Morgan fingerprint density at radius 2 is 1.89 bits per heavy atom. The molecule has 2 heterocycles. The van der Waals surface area contributed by atoms with E-state index in [9.17, 15) is 9.50 Å². The number of hydrogen-bond acceptors (Lipinski definition) is 5. The Labute approximate surface area is 109 Å². The molecule has 1 aliphatic heterocycles. The maximum absolute atomic E-state index is 12.8. The van der Waals surface area contributed by atoms with Crippen LogP contribution >= 0.6 is 0 Å². The van der Waals surface area contributed by atoms with Gasteiger partial charge in [-0.1, -0.05) is 5.16 Å². The van der Waals surface area contributed by atoms with Crippen LogP contribution in [0.3, 0.4) is 0 Å². The number of aliphatic hydroxyl groups is 1. The molecule has 1 aromatic heterocycles. The van der Waals surface area contributed by atoms with E-state index < -0.39 is 0 Å². The van der Waals surface area contributed by atoms with Crippen LogP contribution in [-0.2, 0) is 0 Å². The maximum atomic E-state index is 12.8. The normalized spacial score (nSPS) is 16.8. The second-order valence-corrected chi connectivity index (χ2v) is 4.63. The Hall–Kier alpha value is -1.95. The predicted molar refractivity (Wildman–Crippen MR) is 67.1 cm³/mol. The summed E-state index contributed by atoms with van der Waals surface area (Å²) in [5.41, 5.74) is 0.716. The van der Waals surface area contributed by atoms with Gasteiger partial charge >= 0.3 is 6.01 Å². The van der Waals surface area contributed by atoms with Crippen molar-refractivity contribution in [3.8, 4) is 11.4 Å². The third-order valence-corrected chi connectivity index (χ3v) is 3.25. The highest BCUT2D eigenvalue weighted by atomic mass is 19.1. The van der Waals surface area contributed by atoms with Crippen molar-refractivity contribution in [2.24, 2.45) is 0 Å². The summed E-state index contributed by atoms with van der Waals surface area (Å²) >= 11 is 0. The fourth-order valence-corrected chi connectivity index (χ4v) is 2.12. The number of hydrogen-bond donors (Lipinski definition) is 1. The first-order valence-electron chi connectivity index (χ1n) is 6.25. The van der Waals surface area contributed by atoms with Crippen molar-refractivity contribution >= 4 is 6.01 Å². The van der Waals surface area contributed by atoms with Crippen molar-refractivity contribution in [1.29, 1.82) is 0 Å². The molecule has 2 aromatic rings. The highest BCUT2D eigenvalue weighted by molar-refractivity contribution is 5.55. The fourth-order valence-electron chi connectivity index (χ4n) is 2.12. The molecule has 1 fully saturated rings. The quantitative estimate of drug-likeness (QED) is 0.895. The number of benzene rings is 1. The van der Waals surface area contributed by atoms with Crippen molar-refractivity contribution in [3.05, 3.63) is 30.1 Å². The molecular formula is C13H14FN3O2. The number of rotatable bonds is 2. The van der Waals surface area contributed by atoms with Crippen molar-refractivity contribution < 1.29 is 14.0 Å². The highest BCUT2D eigenvalue weighted by Crippen LogP contribution is 2.22. The average molecular weight is 263 g/mol. The first kappa shape index (κ1) is 12.1. The molecule has 0 radical (unpaired) electrons. The summed E-state index contributed by atoms with van der Waals surface area (Å²) < 4.78 is 18.1. The second-order valence-electron chi connectivity index (χ2n) is 4.63. The molecule has 5 nitrogen and oxygen atoms in total. The molecule has 0 unspecified atom stereocenters. The van der Waals surface area contributed by atoms with Crippen LogP contribution in [0.2, 0.25) is 0 Å².